The maximum absolute atomic E-state index is 14.0. The van der Waals surface area contributed by atoms with Crippen LogP contribution in [0.2, 0.25) is 0 Å². The molecule has 0 aromatic heterocycles. The van der Waals surface area contributed by atoms with Crippen LogP contribution in [0.3, 0.4) is 0 Å². The van der Waals surface area contributed by atoms with Crippen LogP contribution in [0.25, 0.3) is 0 Å². The van der Waals surface area contributed by atoms with E-state index in [4.69, 9.17) is 0 Å². The topological polar surface area (TPSA) is 142 Å². The van der Waals surface area contributed by atoms with Crippen molar-refractivity contribution in [1.29, 1.82) is 0 Å². The largest absolute Gasteiger partial charge is 0.573 e. The summed E-state index contributed by atoms with van der Waals surface area (Å²) in [6.07, 6.45) is -4.20. The Bertz CT molecular complexity index is 1930. The van der Waals surface area contributed by atoms with E-state index in [1.54, 1.807) is 54.6 Å². The highest BCUT2D eigenvalue weighted by Gasteiger charge is 2.33. The van der Waals surface area contributed by atoms with Gasteiger partial charge in [0.15, 0.2) is 9.84 Å². The van der Waals surface area contributed by atoms with Crippen LogP contribution < -0.4 is 19.7 Å². The molecule has 48 heavy (non-hydrogen) atoms. The summed E-state index contributed by atoms with van der Waals surface area (Å²) in [5.41, 5.74) is 0.632. The highest BCUT2D eigenvalue weighted by molar-refractivity contribution is 7.93. The van der Waals surface area contributed by atoms with Gasteiger partial charge >= 0.3 is 6.36 Å². The number of hydrogen-bond donors (Lipinski definition) is 3. The summed E-state index contributed by atoms with van der Waals surface area (Å²) in [4.78, 5) is 13.6. The summed E-state index contributed by atoms with van der Waals surface area (Å²) >= 11 is 0. The number of nitrogens with zero attached hydrogens (tertiary/aromatic N) is 1. The zero-order valence-corrected chi connectivity index (χ0v) is 27.5. The lowest BCUT2D eigenvalue weighted by atomic mass is 10.00. The van der Waals surface area contributed by atoms with Crippen molar-refractivity contribution in [1.82, 2.24) is 10.6 Å². The van der Waals surface area contributed by atoms with Crippen LogP contribution in [0.15, 0.2) is 108 Å². The van der Waals surface area contributed by atoms with E-state index in [1.807, 2.05) is 0 Å². The van der Waals surface area contributed by atoms with Gasteiger partial charge in [0, 0.05) is 19.3 Å². The van der Waals surface area contributed by atoms with Crippen molar-refractivity contribution in [2.75, 3.05) is 23.4 Å². The van der Waals surface area contributed by atoms with Crippen molar-refractivity contribution in [3.8, 4) is 5.75 Å². The van der Waals surface area contributed by atoms with Gasteiger partial charge in [-0.15, -0.1) is 13.2 Å². The molecule has 0 radical (unpaired) electrons. The molecular formula is C33H34F3N3O7S2. The normalized spacial score (nSPS) is 13.4. The minimum atomic E-state index is -4.86. The van der Waals surface area contributed by atoms with Gasteiger partial charge in [0.05, 0.1) is 40.2 Å². The van der Waals surface area contributed by atoms with Crippen molar-refractivity contribution in [2.24, 2.45) is 0 Å². The minimum absolute atomic E-state index is 0.0546. The number of aliphatic hydroxyl groups is 1. The van der Waals surface area contributed by atoms with E-state index in [-0.39, 0.29) is 36.4 Å². The van der Waals surface area contributed by atoms with Crippen LogP contribution in [0, 0.1) is 0 Å². The molecule has 0 aliphatic rings. The molecule has 0 bridgehead atoms. The molecule has 0 aliphatic heterocycles. The van der Waals surface area contributed by atoms with Gasteiger partial charge in [-0.05, 0) is 53.9 Å². The fourth-order valence-corrected chi connectivity index (χ4v) is 6.99. The highest BCUT2D eigenvalue weighted by Crippen LogP contribution is 2.37. The summed E-state index contributed by atoms with van der Waals surface area (Å²) in [7, 11) is -8.26. The fourth-order valence-electron chi connectivity index (χ4n) is 5.02. The first-order valence-corrected chi connectivity index (χ1v) is 18.2. The number of sulfonamides is 1. The number of hydrogen-bond acceptors (Lipinski definition) is 8. The minimum Gasteiger partial charge on any atom is -0.406 e. The number of carbonyl (C=O) groups is 1. The second kappa shape index (κ2) is 15.2. The molecule has 2 atom stereocenters. The van der Waals surface area contributed by atoms with Gasteiger partial charge in [-0.3, -0.25) is 4.79 Å². The van der Waals surface area contributed by atoms with Crippen LogP contribution in [0.4, 0.5) is 24.5 Å². The lowest BCUT2D eigenvalue weighted by Crippen LogP contribution is -2.49. The van der Waals surface area contributed by atoms with E-state index in [9.17, 15) is 39.9 Å². The van der Waals surface area contributed by atoms with Crippen molar-refractivity contribution in [2.45, 2.75) is 36.4 Å². The number of anilines is 2. The maximum Gasteiger partial charge on any atom is 0.573 e. The predicted octanol–water partition coefficient (Wildman–Crippen LogP) is 4.58. The average Bonchev–Trinajstić information content (AvgIpc) is 3.00. The molecule has 0 fully saturated rings. The fraction of sp³-hybridized carbons (Fsp3) is 0.242. The Morgan fingerprint density at radius 2 is 1.46 bits per heavy atom. The third-order valence-electron chi connectivity index (χ3n) is 7.06. The van der Waals surface area contributed by atoms with Gasteiger partial charge in [-0.25, -0.2) is 21.1 Å². The number of halogens is 3. The summed E-state index contributed by atoms with van der Waals surface area (Å²) in [5, 5.41) is 17.0. The number of rotatable bonds is 14. The molecule has 0 unspecified atom stereocenters. The van der Waals surface area contributed by atoms with E-state index < -0.39 is 54.9 Å². The Labute approximate surface area is 277 Å². The third kappa shape index (κ3) is 10.0. The Hall–Kier alpha value is -4.44. The molecule has 4 aromatic carbocycles. The summed E-state index contributed by atoms with van der Waals surface area (Å²) in [5.74, 6) is -1.25. The first kappa shape index (κ1) is 36.4. The molecule has 1 amide bonds. The van der Waals surface area contributed by atoms with Crippen LogP contribution in [-0.4, -0.2) is 65.4 Å². The number of ether oxygens (including phenoxy) is 1. The van der Waals surface area contributed by atoms with Crippen molar-refractivity contribution in [3.05, 3.63) is 120 Å². The quantitative estimate of drug-likeness (QED) is 0.173. The number of aliphatic hydroxyl groups excluding tert-OH is 1. The second-order valence-electron chi connectivity index (χ2n) is 11.0. The molecule has 0 saturated heterocycles. The standard InChI is InChI=1S/C33H34F3N3O7S2/c1-47(42,43)30-18-10-17-27(31(30)39(48(2,44)45)25-14-7-4-8-15-25)32(41)38-28(20-23-11-5-3-6-12-23)29(40)22-37-21-24-13-9-16-26(19-24)46-33(34,35)36/h3-19,28-29,37,40H,20-22H2,1-2H3,(H,38,41)/t28-,29+/m0/s1. The van der Waals surface area contributed by atoms with Crippen molar-refractivity contribution < 1.29 is 44.6 Å². The van der Waals surface area contributed by atoms with E-state index >= 15 is 0 Å². The highest BCUT2D eigenvalue weighted by atomic mass is 32.2. The zero-order chi connectivity index (χ0) is 35.1. The number of amides is 1. The Kier molecular flexibility index (Phi) is 11.5. The molecule has 0 saturated carbocycles. The van der Waals surface area contributed by atoms with Gasteiger partial charge in [0.25, 0.3) is 5.91 Å². The summed E-state index contributed by atoms with van der Waals surface area (Å²) in [6.45, 7) is -0.0586. The van der Waals surface area contributed by atoms with Crippen molar-refractivity contribution in [3.63, 3.8) is 0 Å². The van der Waals surface area contributed by atoms with Crippen LogP contribution in [0.1, 0.15) is 21.5 Å². The third-order valence-corrected chi connectivity index (χ3v) is 9.25. The van der Waals surface area contributed by atoms with Crippen LogP contribution in [-0.2, 0) is 32.8 Å². The first-order chi connectivity index (χ1) is 22.5. The number of benzene rings is 4. The lowest BCUT2D eigenvalue weighted by molar-refractivity contribution is -0.274. The van der Waals surface area contributed by atoms with Gasteiger partial charge < -0.3 is 20.5 Å². The van der Waals surface area contributed by atoms with E-state index in [0.29, 0.717) is 5.56 Å². The second-order valence-corrected chi connectivity index (χ2v) is 14.8. The van der Waals surface area contributed by atoms with Crippen LogP contribution in [0.5, 0.6) is 5.75 Å². The summed E-state index contributed by atoms with van der Waals surface area (Å²) < 4.78 is 94.9. The Balaban J connectivity index is 1.65. The molecule has 256 valence electrons. The lowest BCUT2D eigenvalue weighted by Gasteiger charge is -2.29. The number of sulfone groups is 1. The molecule has 10 nitrogen and oxygen atoms in total. The molecule has 0 heterocycles. The predicted molar refractivity (Wildman–Crippen MR) is 175 cm³/mol. The zero-order valence-electron chi connectivity index (χ0n) is 25.9. The van der Waals surface area contributed by atoms with Gasteiger partial charge in [0.1, 0.15) is 5.75 Å². The Morgan fingerprint density at radius 1 is 0.854 bits per heavy atom. The molecule has 0 spiro atoms. The molecule has 15 heteroatoms. The van der Waals surface area contributed by atoms with Gasteiger partial charge in [0.2, 0.25) is 10.0 Å². The Morgan fingerprint density at radius 3 is 2.06 bits per heavy atom. The molecule has 4 rings (SSSR count). The average molecular weight is 706 g/mol. The van der Waals surface area contributed by atoms with E-state index in [1.165, 1.54) is 42.5 Å². The number of carbonyl (C=O) groups excluding carboxylic acids is 1. The van der Waals surface area contributed by atoms with Gasteiger partial charge in [-0.2, -0.15) is 0 Å². The van der Waals surface area contributed by atoms with Crippen molar-refractivity contribution >= 4 is 37.1 Å². The number of alkyl halides is 3. The monoisotopic (exact) mass is 705 g/mol. The van der Waals surface area contributed by atoms with E-state index in [2.05, 4.69) is 15.4 Å². The first-order valence-electron chi connectivity index (χ1n) is 14.5. The summed E-state index contributed by atoms with van der Waals surface area (Å²) in [6, 6.07) is 24.7. The van der Waals surface area contributed by atoms with Crippen LogP contribution >= 0.6 is 0 Å². The smallest absolute Gasteiger partial charge is 0.406 e. The SMILES string of the molecule is CS(=O)(=O)c1cccc(C(=O)N[C@@H](Cc2ccccc2)[C@H](O)CNCc2cccc(OC(F)(F)F)c2)c1N(c1ccccc1)S(C)(=O)=O. The molecule has 3 N–H and O–H groups in total. The maximum atomic E-state index is 14.0. The molecular weight excluding hydrogens is 672 g/mol. The van der Waals surface area contributed by atoms with Gasteiger partial charge in [-0.1, -0.05) is 66.7 Å². The molecule has 4 aromatic rings. The number of nitrogens with one attached hydrogen (secondary N) is 2. The number of para-hydroxylation sites is 2. The molecule has 0 aliphatic carbocycles. The van der Waals surface area contributed by atoms with E-state index in [0.717, 1.165) is 28.4 Å².